The highest BCUT2D eigenvalue weighted by Crippen LogP contribution is 2.28. The molecule has 0 aliphatic heterocycles. The van der Waals surface area contributed by atoms with Crippen LogP contribution in [0, 0.1) is 5.92 Å². The first kappa shape index (κ1) is 22.4. The maximum absolute atomic E-state index is 12.4. The number of aryl methyl sites for hydroxylation is 1. The van der Waals surface area contributed by atoms with E-state index in [2.05, 4.69) is 20.8 Å². The van der Waals surface area contributed by atoms with E-state index in [0.717, 1.165) is 11.6 Å². The summed E-state index contributed by atoms with van der Waals surface area (Å²) in [4.78, 5) is 12.4. The average molecular weight is 417 g/mol. The molecule has 0 unspecified atom stereocenters. The van der Waals surface area contributed by atoms with E-state index in [9.17, 15) is 9.90 Å². The fraction of sp³-hybridized carbons (Fsp3) is 0.882. The van der Waals surface area contributed by atoms with E-state index in [1.165, 1.54) is 43.9 Å². The molecule has 1 heterocycles. The molecule has 0 bridgehead atoms. The second-order valence-electron chi connectivity index (χ2n) is 7.21. The lowest BCUT2D eigenvalue weighted by Gasteiger charge is -2.31. The number of hydrogen-bond acceptors (Lipinski definition) is 8. The zero-order valence-corrected chi connectivity index (χ0v) is 17.8. The van der Waals surface area contributed by atoms with Crippen molar-refractivity contribution in [3.05, 3.63) is 0 Å². The minimum Gasteiger partial charge on any atom is -0.391 e. The Morgan fingerprint density at radius 2 is 2.15 bits per heavy atom. The molecule has 4 N–H and O–H groups in total. The second-order valence-corrected chi connectivity index (χ2v) is 9.18. The predicted octanol–water partition coefficient (Wildman–Crippen LogP) is 1.20. The van der Waals surface area contributed by atoms with Crippen molar-refractivity contribution in [2.24, 2.45) is 18.7 Å². The van der Waals surface area contributed by atoms with Crippen LogP contribution in [0.15, 0.2) is 5.16 Å². The monoisotopic (exact) mass is 416 g/mol. The van der Waals surface area contributed by atoms with Gasteiger partial charge in [0, 0.05) is 18.6 Å². The SMILES string of the molecule is CSC[C@H](N)C(=O)N[C@@H](CC1CCCCC1)[C@@H](O)CCSc1nnnn1C. The van der Waals surface area contributed by atoms with Gasteiger partial charge < -0.3 is 16.2 Å². The molecular formula is C17H32N6O2S2. The van der Waals surface area contributed by atoms with Gasteiger partial charge in [-0.15, -0.1) is 5.10 Å². The highest BCUT2D eigenvalue weighted by Gasteiger charge is 2.27. The maximum atomic E-state index is 12.4. The molecule has 0 spiro atoms. The van der Waals surface area contributed by atoms with Crippen LogP contribution < -0.4 is 11.1 Å². The second kappa shape index (κ2) is 11.9. The maximum Gasteiger partial charge on any atom is 0.238 e. The van der Waals surface area contributed by atoms with Gasteiger partial charge in [-0.05, 0) is 35.4 Å². The van der Waals surface area contributed by atoms with Crippen molar-refractivity contribution in [1.82, 2.24) is 25.5 Å². The van der Waals surface area contributed by atoms with Gasteiger partial charge in [-0.1, -0.05) is 43.9 Å². The number of carbonyl (C=O) groups excluding carboxylic acids is 1. The van der Waals surface area contributed by atoms with Gasteiger partial charge in [0.2, 0.25) is 11.1 Å². The smallest absolute Gasteiger partial charge is 0.238 e. The number of aliphatic hydroxyl groups excluding tert-OH is 1. The Morgan fingerprint density at radius 3 is 2.78 bits per heavy atom. The van der Waals surface area contributed by atoms with Crippen LogP contribution in [0.4, 0.5) is 0 Å². The van der Waals surface area contributed by atoms with Crippen LogP contribution in [-0.2, 0) is 11.8 Å². The fourth-order valence-electron chi connectivity index (χ4n) is 3.45. The summed E-state index contributed by atoms with van der Waals surface area (Å²) >= 11 is 3.06. The zero-order valence-electron chi connectivity index (χ0n) is 16.2. The van der Waals surface area contributed by atoms with E-state index < -0.39 is 12.1 Å². The Balaban J connectivity index is 1.89. The number of aliphatic hydroxyl groups is 1. The Labute approximate surface area is 169 Å². The summed E-state index contributed by atoms with van der Waals surface area (Å²) in [6, 6.07) is -0.799. The molecule has 8 nitrogen and oxygen atoms in total. The number of nitrogens with one attached hydrogen (secondary N) is 1. The van der Waals surface area contributed by atoms with Gasteiger partial charge in [0.15, 0.2) is 0 Å². The summed E-state index contributed by atoms with van der Waals surface area (Å²) < 4.78 is 1.61. The molecule has 154 valence electrons. The average Bonchev–Trinajstić information content (AvgIpc) is 3.07. The molecule has 1 fully saturated rings. The van der Waals surface area contributed by atoms with Crippen LogP contribution in [0.3, 0.4) is 0 Å². The number of tetrazole rings is 1. The number of carbonyl (C=O) groups is 1. The molecule has 2 rings (SSSR count). The van der Waals surface area contributed by atoms with Crippen molar-refractivity contribution >= 4 is 29.4 Å². The Bertz CT molecular complexity index is 567. The summed E-state index contributed by atoms with van der Waals surface area (Å²) in [5, 5.41) is 25.9. The third-order valence-electron chi connectivity index (χ3n) is 5.01. The lowest BCUT2D eigenvalue weighted by Crippen LogP contribution is -2.51. The number of hydrogen-bond donors (Lipinski definition) is 3. The minimum absolute atomic E-state index is 0.172. The van der Waals surface area contributed by atoms with Crippen molar-refractivity contribution in [2.75, 3.05) is 17.8 Å². The Kier molecular flexibility index (Phi) is 9.88. The van der Waals surface area contributed by atoms with Gasteiger partial charge in [-0.2, -0.15) is 11.8 Å². The van der Waals surface area contributed by atoms with E-state index in [4.69, 9.17) is 5.73 Å². The van der Waals surface area contributed by atoms with Crippen LogP contribution in [0.1, 0.15) is 44.9 Å². The molecule has 27 heavy (non-hydrogen) atoms. The summed E-state index contributed by atoms with van der Waals surface area (Å²) in [5.41, 5.74) is 5.95. The third-order valence-corrected chi connectivity index (χ3v) is 6.75. The quantitative estimate of drug-likeness (QED) is 0.460. The van der Waals surface area contributed by atoms with Crippen LogP contribution in [0.25, 0.3) is 0 Å². The Hall–Kier alpha value is -0.840. The number of amides is 1. The third kappa shape index (κ3) is 7.59. The van der Waals surface area contributed by atoms with Crippen LogP contribution >= 0.6 is 23.5 Å². The van der Waals surface area contributed by atoms with E-state index >= 15 is 0 Å². The van der Waals surface area contributed by atoms with Crippen molar-refractivity contribution in [3.8, 4) is 0 Å². The number of thioether (sulfide) groups is 2. The first-order valence-electron chi connectivity index (χ1n) is 9.59. The number of nitrogens with zero attached hydrogens (tertiary/aromatic N) is 4. The summed E-state index contributed by atoms with van der Waals surface area (Å²) in [6.45, 7) is 0. The topological polar surface area (TPSA) is 119 Å². The first-order valence-corrected chi connectivity index (χ1v) is 12.0. The highest BCUT2D eigenvalue weighted by molar-refractivity contribution is 7.99. The summed E-state index contributed by atoms with van der Waals surface area (Å²) in [7, 11) is 1.79. The molecule has 1 amide bonds. The van der Waals surface area contributed by atoms with Gasteiger partial charge >= 0.3 is 0 Å². The van der Waals surface area contributed by atoms with Crippen LogP contribution in [-0.4, -0.2) is 67.2 Å². The predicted molar refractivity (Wildman–Crippen MR) is 110 cm³/mol. The molecule has 1 aromatic heterocycles. The molecule has 0 saturated heterocycles. The molecule has 10 heteroatoms. The molecule has 1 aliphatic carbocycles. The molecule has 1 aliphatic rings. The van der Waals surface area contributed by atoms with Gasteiger partial charge in [0.25, 0.3) is 0 Å². The van der Waals surface area contributed by atoms with E-state index in [-0.39, 0.29) is 11.9 Å². The summed E-state index contributed by atoms with van der Waals surface area (Å²) in [6.07, 6.45) is 8.82. The largest absolute Gasteiger partial charge is 0.391 e. The van der Waals surface area contributed by atoms with E-state index in [1.807, 2.05) is 6.26 Å². The minimum atomic E-state index is -0.606. The van der Waals surface area contributed by atoms with E-state index in [0.29, 0.717) is 23.8 Å². The number of nitrogens with two attached hydrogens (primary N) is 1. The lowest BCUT2D eigenvalue weighted by molar-refractivity contribution is -0.123. The molecule has 1 aromatic rings. The van der Waals surface area contributed by atoms with Gasteiger partial charge in [0.05, 0.1) is 18.2 Å². The van der Waals surface area contributed by atoms with Crippen molar-refractivity contribution in [1.29, 1.82) is 0 Å². The molecular weight excluding hydrogens is 384 g/mol. The molecule has 0 aromatic carbocycles. The molecule has 3 atom stereocenters. The number of aromatic nitrogens is 4. The molecule has 1 saturated carbocycles. The number of rotatable bonds is 11. The van der Waals surface area contributed by atoms with Gasteiger partial charge in [-0.3, -0.25) is 4.79 Å². The van der Waals surface area contributed by atoms with Crippen LogP contribution in [0.2, 0.25) is 0 Å². The van der Waals surface area contributed by atoms with Crippen molar-refractivity contribution in [2.45, 2.75) is 68.3 Å². The standard InChI is InChI=1S/C17H32N6O2S2/c1-23-17(20-21-22-23)27-9-8-15(24)14(10-12-6-4-3-5-7-12)19-16(25)13(18)11-26-2/h12-15,24H,3-11,18H2,1-2H3,(H,19,25)/t13-,14-,15-/m0/s1. The fourth-order valence-corrected chi connectivity index (χ4v) is 4.82. The van der Waals surface area contributed by atoms with Crippen molar-refractivity contribution < 1.29 is 9.90 Å². The van der Waals surface area contributed by atoms with Gasteiger partial charge in [-0.25, -0.2) is 4.68 Å². The zero-order chi connectivity index (χ0) is 19.6. The Morgan fingerprint density at radius 1 is 1.41 bits per heavy atom. The summed E-state index contributed by atoms with van der Waals surface area (Å²) in [5.74, 6) is 1.65. The van der Waals surface area contributed by atoms with E-state index in [1.54, 1.807) is 23.5 Å². The van der Waals surface area contributed by atoms with Crippen LogP contribution in [0.5, 0.6) is 0 Å². The van der Waals surface area contributed by atoms with Gasteiger partial charge in [0.1, 0.15) is 0 Å². The van der Waals surface area contributed by atoms with Crippen molar-refractivity contribution in [3.63, 3.8) is 0 Å². The highest BCUT2D eigenvalue weighted by atomic mass is 32.2. The lowest BCUT2D eigenvalue weighted by atomic mass is 9.83. The molecule has 0 radical (unpaired) electrons. The normalized spacial score (nSPS) is 18.8. The first-order chi connectivity index (χ1) is 13.0.